The Morgan fingerprint density at radius 3 is 2.08 bits per heavy atom. The van der Waals surface area contributed by atoms with Crippen LogP contribution in [0.3, 0.4) is 0 Å². The number of benzene rings is 2. The molecule has 0 aromatic heterocycles. The molecule has 0 bridgehead atoms. The zero-order chi connectivity index (χ0) is 18.7. The Labute approximate surface area is 156 Å². The first-order chi connectivity index (χ1) is 12.5. The first-order valence-corrected chi connectivity index (χ1v) is 9.23. The lowest BCUT2D eigenvalue weighted by atomic mass is 10.0. The molecule has 1 atom stereocenters. The molecule has 1 heterocycles. The van der Waals surface area contributed by atoms with E-state index in [9.17, 15) is 4.79 Å². The van der Waals surface area contributed by atoms with Crippen molar-refractivity contribution in [1.29, 1.82) is 0 Å². The van der Waals surface area contributed by atoms with E-state index in [1.54, 1.807) is 7.11 Å². The molecular weight excluding hydrogens is 324 g/mol. The molecule has 2 aromatic rings. The number of aldehydes is 1. The maximum Gasteiger partial charge on any atom is 0.150 e. The normalized spacial score (nSPS) is 16.4. The Morgan fingerprint density at radius 2 is 1.58 bits per heavy atom. The van der Waals surface area contributed by atoms with Gasteiger partial charge < -0.3 is 9.64 Å². The highest BCUT2D eigenvalue weighted by Crippen LogP contribution is 2.29. The fourth-order valence-electron chi connectivity index (χ4n) is 3.98. The van der Waals surface area contributed by atoms with E-state index in [-0.39, 0.29) is 0 Å². The summed E-state index contributed by atoms with van der Waals surface area (Å²) in [5.41, 5.74) is 5.73. The zero-order valence-corrected chi connectivity index (χ0v) is 16.2. The number of methoxy groups -OCH3 is 1. The van der Waals surface area contributed by atoms with E-state index in [1.807, 2.05) is 24.3 Å². The van der Waals surface area contributed by atoms with Crippen molar-refractivity contribution in [3.8, 4) is 5.75 Å². The maximum absolute atomic E-state index is 11.1. The van der Waals surface area contributed by atoms with Crippen LogP contribution in [0.4, 0.5) is 5.69 Å². The van der Waals surface area contributed by atoms with E-state index in [0.717, 1.165) is 43.8 Å². The third kappa shape index (κ3) is 3.75. The smallest absolute Gasteiger partial charge is 0.150 e. The van der Waals surface area contributed by atoms with Crippen LogP contribution in [0.15, 0.2) is 36.4 Å². The molecule has 4 heteroatoms. The summed E-state index contributed by atoms with van der Waals surface area (Å²) in [5, 5.41) is 0. The summed E-state index contributed by atoms with van der Waals surface area (Å²) in [6, 6.07) is 12.7. The van der Waals surface area contributed by atoms with Crippen LogP contribution in [0, 0.1) is 13.8 Å². The van der Waals surface area contributed by atoms with Crippen molar-refractivity contribution in [3.05, 3.63) is 58.7 Å². The molecular formula is C22H28N2O2. The van der Waals surface area contributed by atoms with Gasteiger partial charge in [0.2, 0.25) is 0 Å². The number of anilines is 1. The average molecular weight is 352 g/mol. The molecule has 1 aliphatic heterocycles. The van der Waals surface area contributed by atoms with Crippen LogP contribution in [-0.2, 0) is 0 Å². The summed E-state index contributed by atoms with van der Waals surface area (Å²) in [6.45, 7) is 10.5. The van der Waals surface area contributed by atoms with Crippen LogP contribution in [0.5, 0.6) is 5.75 Å². The Hall–Kier alpha value is -2.33. The van der Waals surface area contributed by atoms with Crippen LogP contribution in [0.1, 0.15) is 40.0 Å². The van der Waals surface area contributed by atoms with Crippen molar-refractivity contribution in [2.45, 2.75) is 26.8 Å². The molecule has 1 aliphatic rings. The van der Waals surface area contributed by atoms with Crippen LogP contribution >= 0.6 is 0 Å². The summed E-state index contributed by atoms with van der Waals surface area (Å²) < 4.78 is 5.25. The fourth-order valence-corrected chi connectivity index (χ4v) is 3.98. The van der Waals surface area contributed by atoms with Gasteiger partial charge in [-0.3, -0.25) is 9.69 Å². The van der Waals surface area contributed by atoms with Crippen LogP contribution in [0.2, 0.25) is 0 Å². The van der Waals surface area contributed by atoms with Crippen molar-refractivity contribution in [3.63, 3.8) is 0 Å². The van der Waals surface area contributed by atoms with Gasteiger partial charge in [-0.2, -0.15) is 0 Å². The number of hydrogen-bond acceptors (Lipinski definition) is 4. The number of rotatable bonds is 5. The minimum atomic E-state index is 0.391. The summed E-state index contributed by atoms with van der Waals surface area (Å²) in [6.07, 6.45) is 0.929. The van der Waals surface area contributed by atoms with Crippen molar-refractivity contribution >= 4 is 12.0 Å². The molecule has 0 unspecified atom stereocenters. The van der Waals surface area contributed by atoms with Gasteiger partial charge in [-0.25, -0.2) is 0 Å². The standard InChI is InChI=1S/C22H28N2O2/c1-16-13-19(15-25)14-17(2)22(16)24-11-9-23(10-12-24)18(3)20-5-7-21(26-4)8-6-20/h5-8,13-15,18H,9-12H2,1-4H3/t18-/m0/s1. The topological polar surface area (TPSA) is 32.8 Å². The second-order valence-electron chi connectivity index (χ2n) is 7.09. The van der Waals surface area contributed by atoms with Crippen molar-refractivity contribution in [2.24, 2.45) is 0 Å². The molecule has 0 saturated carbocycles. The lowest BCUT2D eigenvalue weighted by Gasteiger charge is -2.40. The zero-order valence-electron chi connectivity index (χ0n) is 16.2. The fraction of sp³-hybridized carbons (Fsp3) is 0.409. The number of piperazine rings is 1. The molecule has 3 rings (SSSR count). The number of carbonyl (C=O) groups excluding carboxylic acids is 1. The van der Waals surface area contributed by atoms with Crippen molar-refractivity contribution < 1.29 is 9.53 Å². The molecule has 1 fully saturated rings. The first kappa shape index (κ1) is 18.5. The van der Waals surface area contributed by atoms with E-state index < -0.39 is 0 Å². The monoisotopic (exact) mass is 352 g/mol. The van der Waals surface area contributed by atoms with Gasteiger partial charge in [0.1, 0.15) is 12.0 Å². The predicted molar refractivity (Wildman–Crippen MR) is 106 cm³/mol. The minimum absolute atomic E-state index is 0.391. The van der Waals surface area contributed by atoms with E-state index in [0.29, 0.717) is 6.04 Å². The van der Waals surface area contributed by atoms with Crippen molar-refractivity contribution in [1.82, 2.24) is 4.90 Å². The van der Waals surface area contributed by atoms with Crippen LogP contribution in [-0.4, -0.2) is 44.5 Å². The molecule has 0 amide bonds. The lowest BCUT2D eigenvalue weighted by Crippen LogP contribution is -2.47. The van der Waals surface area contributed by atoms with E-state index in [4.69, 9.17) is 4.74 Å². The van der Waals surface area contributed by atoms with E-state index >= 15 is 0 Å². The van der Waals surface area contributed by atoms with Gasteiger partial charge in [-0.1, -0.05) is 12.1 Å². The van der Waals surface area contributed by atoms with E-state index in [1.165, 1.54) is 22.4 Å². The Balaban J connectivity index is 1.68. The van der Waals surface area contributed by atoms with Crippen LogP contribution in [0.25, 0.3) is 0 Å². The minimum Gasteiger partial charge on any atom is -0.497 e. The van der Waals surface area contributed by atoms with Gasteiger partial charge in [0, 0.05) is 43.5 Å². The molecule has 2 aromatic carbocycles. The second-order valence-corrected chi connectivity index (χ2v) is 7.09. The van der Waals surface area contributed by atoms with Gasteiger partial charge in [-0.15, -0.1) is 0 Å². The molecule has 0 spiro atoms. The number of ether oxygens (including phenoxy) is 1. The van der Waals surface area contributed by atoms with Gasteiger partial charge in [0.05, 0.1) is 7.11 Å². The van der Waals surface area contributed by atoms with Gasteiger partial charge >= 0.3 is 0 Å². The largest absolute Gasteiger partial charge is 0.497 e. The molecule has 0 aliphatic carbocycles. The molecule has 26 heavy (non-hydrogen) atoms. The molecule has 138 valence electrons. The number of aryl methyl sites for hydroxylation is 2. The van der Waals surface area contributed by atoms with Gasteiger partial charge in [0.25, 0.3) is 0 Å². The molecule has 0 radical (unpaired) electrons. The van der Waals surface area contributed by atoms with Gasteiger partial charge in [-0.05, 0) is 61.7 Å². The lowest BCUT2D eigenvalue weighted by molar-refractivity contribution is 0.112. The number of carbonyl (C=O) groups is 1. The van der Waals surface area contributed by atoms with E-state index in [2.05, 4.69) is 42.7 Å². The Kier molecular flexibility index (Phi) is 5.62. The molecule has 0 N–H and O–H groups in total. The number of hydrogen-bond donors (Lipinski definition) is 0. The van der Waals surface area contributed by atoms with Gasteiger partial charge in [0.15, 0.2) is 0 Å². The Morgan fingerprint density at radius 1 is 1.00 bits per heavy atom. The first-order valence-electron chi connectivity index (χ1n) is 9.23. The maximum atomic E-state index is 11.1. The average Bonchev–Trinajstić information content (AvgIpc) is 2.67. The predicted octanol–water partition coefficient (Wildman–Crippen LogP) is 4.01. The quantitative estimate of drug-likeness (QED) is 0.761. The third-order valence-corrected chi connectivity index (χ3v) is 5.43. The second kappa shape index (κ2) is 7.92. The highest BCUT2D eigenvalue weighted by atomic mass is 16.5. The summed E-state index contributed by atoms with van der Waals surface area (Å²) >= 11 is 0. The summed E-state index contributed by atoms with van der Waals surface area (Å²) in [5.74, 6) is 0.899. The van der Waals surface area contributed by atoms with Crippen molar-refractivity contribution in [2.75, 3.05) is 38.2 Å². The summed E-state index contributed by atoms with van der Waals surface area (Å²) in [7, 11) is 1.70. The highest BCUT2D eigenvalue weighted by molar-refractivity contribution is 5.78. The molecule has 1 saturated heterocycles. The molecule has 4 nitrogen and oxygen atoms in total. The SMILES string of the molecule is COc1ccc([C@H](C)N2CCN(c3c(C)cc(C=O)cc3C)CC2)cc1. The van der Waals surface area contributed by atoms with Crippen LogP contribution < -0.4 is 9.64 Å². The highest BCUT2D eigenvalue weighted by Gasteiger charge is 2.24. The third-order valence-electron chi connectivity index (χ3n) is 5.43. The summed E-state index contributed by atoms with van der Waals surface area (Å²) in [4.78, 5) is 16.0. The number of nitrogens with zero attached hydrogens (tertiary/aromatic N) is 2. The Bertz CT molecular complexity index is 739.